The Hall–Kier alpha value is -6.13. The standard InChI is InChI=1S/C64H115N11O12/c1-25-27-29-42(15)54(77)53-58(81)67-45(26-2)60(83)69(18)31-28-30-50(76)70(19)46(32-36(3)4)57(80)68-51(40(11)12)63(86)71(20)47(33-37(5)6)56(79)65-43(16)55(78)66-44(17)59(82)72(21)48(34-38(7)8)61(84)73(22)49(35-39(9)10)62(85)74(23)52(41(13)14)64(87)75(53)24/h25,27,36-49,51-54,77H,26,28-35H2,1-24H3,(H,65,79)(H,66,78)(H,67,81)(H,68,80)/b27-25+/t42-,43+,44-,45+,46+,47+,48+,49+,51+,52+,53+,54-/m1/s1. The van der Waals surface area contributed by atoms with Crippen LogP contribution >= 0.6 is 0 Å². The van der Waals surface area contributed by atoms with Crippen LogP contribution in [0.5, 0.6) is 0 Å². The maximum Gasteiger partial charge on any atom is 0.246 e. The molecule has 5 N–H and O–H groups in total. The van der Waals surface area contributed by atoms with Crippen LogP contribution in [-0.4, -0.2) is 227 Å². The Morgan fingerprint density at radius 3 is 1.36 bits per heavy atom. The lowest BCUT2D eigenvalue weighted by molar-refractivity contribution is -0.157. The van der Waals surface area contributed by atoms with Gasteiger partial charge in [-0.1, -0.05) is 109 Å². The first-order chi connectivity index (χ1) is 40.2. The van der Waals surface area contributed by atoms with Crippen LogP contribution in [0.4, 0.5) is 0 Å². The van der Waals surface area contributed by atoms with E-state index in [1.165, 1.54) is 92.6 Å². The number of carbonyl (C=O) groups excluding carboxylic acids is 11. The molecule has 87 heavy (non-hydrogen) atoms. The van der Waals surface area contributed by atoms with Gasteiger partial charge in [0.2, 0.25) is 65.0 Å². The Balaban J connectivity index is 4.22. The molecular formula is C64H115N11O12. The van der Waals surface area contributed by atoms with Crippen molar-refractivity contribution >= 4 is 65.0 Å². The summed E-state index contributed by atoms with van der Waals surface area (Å²) in [7, 11) is 10.2. The van der Waals surface area contributed by atoms with E-state index in [2.05, 4.69) is 21.3 Å². The summed E-state index contributed by atoms with van der Waals surface area (Å²) in [5.74, 6) is -8.87. The number of rotatable bonds is 15. The topological polar surface area (TPSA) is 279 Å². The molecule has 1 aliphatic heterocycles. The summed E-state index contributed by atoms with van der Waals surface area (Å²) in [4.78, 5) is 169. The van der Waals surface area contributed by atoms with Crippen LogP contribution in [-0.2, 0) is 52.7 Å². The Bertz CT molecular complexity index is 2360. The van der Waals surface area contributed by atoms with E-state index in [4.69, 9.17) is 0 Å². The predicted octanol–water partition coefficient (Wildman–Crippen LogP) is 4.05. The molecule has 12 atom stereocenters. The fourth-order valence-electron chi connectivity index (χ4n) is 11.0. The summed E-state index contributed by atoms with van der Waals surface area (Å²) in [6, 6.07) is -11.9. The highest BCUT2D eigenvalue weighted by atomic mass is 16.3. The van der Waals surface area contributed by atoms with Crippen LogP contribution < -0.4 is 21.3 Å². The minimum absolute atomic E-state index is 0.0694. The van der Waals surface area contributed by atoms with Gasteiger partial charge in [-0.2, -0.15) is 0 Å². The van der Waals surface area contributed by atoms with Gasteiger partial charge in [-0.25, -0.2) is 0 Å². The molecule has 23 nitrogen and oxygen atoms in total. The van der Waals surface area contributed by atoms with E-state index in [1.807, 2.05) is 68.4 Å². The number of hydrogen-bond donors (Lipinski definition) is 5. The second-order valence-electron chi connectivity index (χ2n) is 26.8. The summed E-state index contributed by atoms with van der Waals surface area (Å²) in [5, 5.41) is 23.2. The highest BCUT2D eigenvalue weighted by Crippen LogP contribution is 2.26. The molecule has 0 aromatic rings. The zero-order chi connectivity index (χ0) is 67.4. The molecule has 0 unspecified atom stereocenters. The predicted molar refractivity (Wildman–Crippen MR) is 338 cm³/mol. The van der Waals surface area contributed by atoms with Gasteiger partial charge in [0.25, 0.3) is 0 Å². The van der Waals surface area contributed by atoms with Crippen molar-refractivity contribution in [1.29, 1.82) is 0 Å². The molecule has 0 bridgehead atoms. The van der Waals surface area contributed by atoms with Gasteiger partial charge in [-0.05, 0) is 107 Å². The lowest BCUT2D eigenvalue weighted by atomic mass is 9.91. The van der Waals surface area contributed by atoms with Crippen LogP contribution in [0.3, 0.4) is 0 Å². The summed E-state index contributed by atoms with van der Waals surface area (Å²) in [6.45, 7) is 30.2. The molecule has 0 aromatic heterocycles. The van der Waals surface area contributed by atoms with E-state index in [-0.39, 0.29) is 75.2 Å². The highest BCUT2D eigenvalue weighted by Gasteiger charge is 2.45. The summed E-state index contributed by atoms with van der Waals surface area (Å²) < 4.78 is 0. The number of carbonyl (C=O) groups is 11. The number of allylic oxidation sites excluding steroid dienone is 2. The van der Waals surface area contributed by atoms with Crippen LogP contribution in [0.2, 0.25) is 0 Å². The van der Waals surface area contributed by atoms with E-state index in [0.29, 0.717) is 6.42 Å². The van der Waals surface area contributed by atoms with E-state index < -0.39 is 149 Å². The third-order valence-electron chi connectivity index (χ3n) is 16.6. The smallest absolute Gasteiger partial charge is 0.246 e. The minimum Gasteiger partial charge on any atom is -0.390 e. The first-order valence-corrected chi connectivity index (χ1v) is 31.6. The van der Waals surface area contributed by atoms with Gasteiger partial charge in [-0.15, -0.1) is 0 Å². The van der Waals surface area contributed by atoms with Crippen LogP contribution in [0, 0.1) is 41.4 Å². The molecule has 1 saturated heterocycles. The Labute approximate surface area is 521 Å². The fourth-order valence-corrected chi connectivity index (χ4v) is 11.0. The molecular weight excluding hydrogens is 1110 g/mol. The van der Waals surface area contributed by atoms with Crippen molar-refractivity contribution in [1.82, 2.24) is 55.6 Å². The fraction of sp³-hybridized carbons (Fsp3) is 0.797. The molecule has 1 heterocycles. The molecule has 498 valence electrons. The van der Waals surface area contributed by atoms with Crippen molar-refractivity contribution in [3.8, 4) is 0 Å². The van der Waals surface area contributed by atoms with Crippen molar-refractivity contribution in [3.05, 3.63) is 12.2 Å². The highest BCUT2D eigenvalue weighted by molar-refractivity contribution is 5.99. The number of nitrogens with one attached hydrogen (secondary N) is 4. The first kappa shape index (κ1) is 78.9. The van der Waals surface area contributed by atoms with Crippen molar-refractivity contribution < 1.29 is 57.8 Å². The normalized spacial score (nSPS) is 26.8. The SMILES string of the molecule is C/C=C/C[C@@H](C)[C@@H](O)[C@H]1C(=O)N[C@@H](CC)C(=O)N(C)CCCC(=O)N(C)[C@@H](CC(C)C)C(=O)N[C@@H](C(C)C)C(=O)N(C)[C@@H](CC(C)C)C(=O)N[C@@H](C)C(=O)N[C@H](C)C(=O)N(C)[C@@H](CC(C)C)C(=O)N(C)[C@@H](CC(C)C)C(=O)N(C)[C@@H](C(C)C)C(=O)N1C. The van der Waals surface area contributed by atoms with E-state index >= 15 is 9.59 Å². The van der Waals surface area contributed by atoms with Gasteiger partial charge in [0.1, 0.15) is 60.4 Å². The molecule has 1 aliphatic rings. The van der Waals surface area contributed by atoms with E-state index in [0.717, 1.165) is 4.90 Å². The van der Waals surface area contributed by atoms with Gasteiger partial charge in [0, 0.05) is 62.3 Å². The van der Waals surface area contributed by atoms with Gasteiger partial charge in [0.15, 0.2) is 0 Å². The van der Waals surface area contributed by atoms with Crippen molar-refractivity contribution in [2.24, 2.45) is 41.4 Å². The largest absolute Gasteiger partial charge is 0.390 e. The van der Waals surface area contributed by atoms with Crippen molar-refractivity contribution in [3.63, 3.8) is 0 Å². The molecule has 11 amide bonds. The average Bonchev–Trinajstić information content (AvgIpc) is 1.22. The van der Waals surface area contributed by atoms with Crippen LogP contribution in [0.1, 0.15) is 169 Å². The number of amides is 11. The number of likely N-dealkylation sites (N-methyl/N-ethyl adjacent to an activating group) is 7. The number of nitrogens with zero attached hydrogens (tertiary/aromatic N) is 7. The Morgan fingerprint density at radius 1 is 0.471 bits per heavy atom. The van der Waals surface area contributed by atoms with Crippen molar-refractivity contribution in [2.75, 3.05) is 55.9 Å². The summed E-state index contributed by atoms with van der Waals surface area (Å²) >= 11 is 0. The van der Waals surface area contributed by atoms with Crippen LogP contribution in [0.25, 0.3) is 0 Å². The van der Waals surface area contributed by atoms with Gasteiger partial charge >= 0.3 is 0 Å². The molecule has 23 heteroatoms. The van der Waals surface area contributed by atoms with Gasteiger partial charge in [0.05, 0.1) is 6.10 Å². The molecule has 0 saturated carbocycles. The minimum atomic E-state index is -1.56. The lowest BCUT2D eigenvalue weighted by Gasteiger charge is -2.41. The zero-order valence-electron chi connectivity index (χ0n) is 57.5. The van der Waals surface area contributed by atoms with Gasteiger partial charge < -0.3 is 60.7 Å². The second kappa shape index (κ2) is 36.4. The lowest BCUT2D eigenvalue weighted by Crippen LogP contribution is -2.63. The maximum atomic E-state index is 15.1. The molecule has 0 spiro atoms. The Morgan fingerprint density at radius 2 is 0.897 bits per heavy atom. The number of aliphatic hydroxyl groups is 1. The van der Waals surface area contributed by atoms with E-state index in [1.54, 1.807) is 47.6 Å². The molecule has 0 aliphatic carbocycles. The molecule has 0 aromatic carbocycles. The molecule has 0 radical (unpaired) electrons. The molecule has 1 rings (SSSR count). The second-order valence-corrected chi connectivity index (χ2v) is 26.8. The number of hydrogen-bond acceptors (Lipinski definition) is 12. The van der Waals surface area contributed by atoms with Crippen LogP contribution in [0.15, 0.2) is 12.2 Å². The third kappa shape index (κ3) is 22.8. The zero-order valence-corrected chi connectivity index (χ0v) is 57.5. The average molecular weight is 1230 g/mol. The summed E-state index contributed by atoms with van der Waals surface area (Å²) in [5.41, 5.74) is 0. The monoisotopic (exact) mass is 1230 g/mol. The quantitative estimate of drug-likeness (QED) is 0.145. The number of aliphatic hydroxyl groups excluding tert-OH is 1. The van der Waals surface area contributed by atoms with E-state index in [9.17, 15) is 48.3 Å². The van der Waals surface area contributed by atoms with Crippen molar-refractivity contribution in [2.45, 2.75) is 236 Å². The maximum absolute atomic E-state index is 15.1. The van der Waals surface area contributed by atoms with Gasteiger partial charge in [-0.3, -0.25) is 52.7 Å². The Kier molecular flexibility index (Phi) is 33.0. The third-order valence-corrected chi connectivity index (χ3v) is 16.6. The summed E-state index contributed by atoms with van der Waals surface area (Å²) in [6.07, 6.45) is 3.43. The molecule has 1 fully saturated rings. The first-order valence-electron chi connectivity index (χ1n) is 31.6.